The predicted octanol–water partition coefficient (Wildman–Crippen LogP) is 2.07. The topological polar surface area (TPSA) is 17.1 Å². The van der Waals surface area contributed by atoms with Gasteiger partial charge in [0.05, 0.1) is 15.4 Å². The summed E-state index contributed by atoms with van der Waals surface area (Å²) in [6.45, 7) is 1.83. The molecule has 0 fully saturated rings. The quantitative estimate of drug-likeness (QED) is 0.700. The Morgan fingerprint density at radius 2 is 1.91 bits per heavy atom. The van der Waals surface area contributed by atoms with E-state index in [2.05, 4.69) is 12.6 Å². The summed E-state index contributed by atoms with van der Waals surface area (Å²) in [4.78, 5) is 0.843. The molecule has 0 N–H and O–H groups in total. The Morgan fingerprint density at radius 3 is 2.36 bits per heavy atom. The SMILES string of the molecule is CC(S)S(=O)c1ccccc1. The first-order chi connectivity index (χ1) is 5.22. The lowest BCUT2D eigenvalue weighted by Crippen LogP contribution is -2.02. The van der Waals surface area contributed by atoms with Gasteiger partial charge >= 0.3 is 0 Å². The molecular weight excluding hydrogens is 176 g/mol. The standard InChI is InChI=1S/C8H10OS2/c1-7(10)11(9)8-5-3-2-4-6-8/h2-7,10H,1H3. The van der Waals surface area contributed by atoms with Crippen molar-refractivity contribution in [1.29, 1.82) is 0 Å². The van der Waals surface area contributed by atoms with Gasteiger partial charge in [-0.3, -0.25) is 4.21 Å². The maximum absolute atomic E-state index is 11.4. The largest absolute Gasteiger partial charge is 0.253 e. The second kappa shape index (κ2) is 3.93. The van der Waals surface area contributed by atoms with Gasteiger partial charge in [-0.15, -0.1) is 0 Å². The third-order valence-electron chi connectivity index (χ3n) is 1.29. The van der Waals surface area contributed by atoms with Crippen LogP contribution in [0.4, 0.5) is 0 Å². The Kier molecular flexibility index (Phi) is 3.15. The molecule has 60 valence electrons. The number of benzene rings is 1. The Hall–Kier alpha value is -0.280. The lowest BCUT2D eigenvalue weighted by atomic mass is 10.4. The third-order valence-corrected chi connectivity index (χ3v) is 3.22. The summed E-state index contributed by atoms with van der Waals surface area (Å²) >= 11 is 4.10. The van der Waals surface area contributed by atoms with Crippen molar-refractivity contribution in [3.8, 4) is 0 Å². The van der Waals surface area contributed by atoms with Crippen LogP contribution in [-0.2, 0) is 10.8 Å². The summed E-state index contributed by atoms with van der Waals surface area (Å²) in [5, 5.41) is 0. The molecule has 2 atom stereocenters. The molecule has 0 radical (unpaired) electrons. The first-order valence-electron chi connectivity index (χ1n) is 3.35. The Bertz CT molecular complexity index is 244. The minimum absolute atomic E-state index is 0.0996. The molecule has 11 heavy (non-hydrogen) atoms. The van der Waals surface area contributed by atoms with E-state index < -0.39 is 10.8 Å². The highest BCUT2D eigenvalue weighted by molar-refractivity contribution is 8.01. The molecule has 0 spiro atoms. The van der Waals surface area contributed by atoms with Crippen LogP contribution in [0, 0.1) is 0 Å². The summed E-state index contributed by atoms with van der Waals surface area (Å²) in [7, 11) is -0.971. The third kappa shape index (κ3) is 2.34. The summed E-state index contributed by atoms with van der Waals surface area (Å²) in [5.41, 5.74) is 0. The van der Waals surface area contributed by atoms with Crippen LogP contribution in [0.25, 0.3) is 0 Å². The van der Waals surface area contributed by atoms with Gasteiger partial charge in [-0.05, 0) is 19.1 Å². The monoisotopic (exact) mass is 186 g/mol. The zero-order valence-corrected chi connectivity index (χ0v) is 7.94. The molecule has 0 aliphatic rings. The molecule has 0 heterocycles. The molecule has 0 saturated carbocycles. The maximum Gasteiger partial charge on any atom is 0.0789 e. The van der Waals surface area contributed by atoms with Crippen molar-refractivity contribution in [2.45, 2.75) is 16.4 Å². The molecule has 1 nitrogen and oxygen atoms in total. The van der Waals surface area contributed by atoms with Crippen molar-refractivity contribution < 1.29 is 4.21 Å². The zero-order valence-electron chi connectivity index (χ0n) is 6.23. The van der Waals surface area contributed by atoms with Crippen molar-refractivity contribution in [2.75, 3.05) is 0 Å². The van der Waals surface area contributed by atoms with Crippen LogP contribution in [0.2, 0.25) is 0 Å². The van der Waals surface area contributed by atoms with Gasteiger partial charge in [-0.2, -0.15) is 12.6 Å². The minimum Gasteiger partial charge on any atom is -0.253 e. The van der Waals surface area contributed by atoms with E-state index in [0.717, 1.165) is 4.90 Å². The van der Waals surface area contributed by atoms with Gasteiger partial charge in [-0.25, -0.2) is 0 Å². The fourth-order valence-electron chi connectivity index (χ4n) is 0.752. The van der Waals surface area contributed by atoms with E-state index in [9.17, 15) is 4.21 Å². The average molecular weight is 186 g/mol. The molecular formula is C8H10OS2. The highest BCUT2D eigenvalue weighted by atomic mass is 32.2. The van der Waals surface area contributed by atoms with Gasteiger partial charge < -0.3 is 0 Å². The van der Waals surface area contributed by atoms with Gasteiger partial charge in [0, 0.05) is 4.90 Å². The van der Waals surface area contributed by atoms with Crippen molar-refractivity contribution >= 4 is 23.4 Å². The molecule has 1 rings (SSSR count). The van der Waals surface area contributed by atoms with Crippen LogP contribution in [-0.4, -0.2) is 8.79 Å². The lowest BCUT2D eigenvalue weighted by molar-refractivity contribution is 0.682. The number of thiol groups is 1. The molecule has 1 aromatic rings. The molecule has 0 saturated heterocycles. The second-order valence-electron chi connectivity index (χ2n) is 2.21. The van der Waals surface area contributed by atoms with Gasteiger partial charge in [0.15, 0.2) is 0 Å². The maximum atomic E-state index is 11.4. The molecule has 0 bridgehead atoms. The van der Waals surface area contributed by atoms with Gasteiger partial charge in [-0.1, -0.05) is 18.2 Å². The van der Waals surface area contributed by atoms with E-state index in [0.29, 0.717) is 0 Å². The van der Waals surface area contributed by atoms with E-state index in [1.807, 2.05) is 37.3 Å². The molecule has 0 aliphatic carbocycles. The van der Waals surface area contributed by atoms with Crippen LogP contribution in [0.1, 0.15) is 6.92 Å². The van der Waals surface area contributed by atoms with Gasteiger partial charge in [0.2, 0.25) is 0 Å². The molecule has 3 heteroatoms. The highest BCUT2D eigenvalue weighted by Gasteiger charge is 2.06. The van der Waals surface area contributed by atoms with Crippen LogP contribution in [0.5, 0.6) is 0 Å². The number of hydrogen-bond acceptors (Lipinski definition) is 2. The van der Waals surface area contributed by atoms with Crippen molar-refractivity contribution in [2.24, 2.45) is 0 Å². The summed E-state index contributed by atoms with van der Waals surface area (Å²) in [6.07, 6.45) is 0. The summed E-state index contributed by atoms with van der Waals surface area (Å²) in [6, 6.07) is 9.36. The van der Waals surface area contributed by atoms with E-state index in [1.165, 1.54) is 0 Å². The lowest BCUT2D eigenvalue weighted by Gasteiger charge is -2.02. The van der Waals surface area contributed by atoms with Crippen LogP contribution < -0.4 is 0 Å². The van der Waals surface area contributed by atoms with Crippen LogP contribution >= 0.6 is 12.6 Å². The normalized spacial score (nSPS) is 15.8. The van der Waals surface area contributed by atoms with E-state index in [-0.39, 0.29) is 4.58 Å². The van der Waals surface area contributed by atoms with Crippen LogP contribution in [0.3, 0.4) is 0 Å². The molecule has 0 amide bonds. The first kappa shape index (κ1) is 8.81. The molecule has 0 aromatic heterocycles. The fourth-order valence-corrected chi connectivity index (χ4v) is 1.94. The number of hydrogen-bond donors (Lipinski definition) is 1. The van der Waals surface area contributed by atoms with Gasteiger partial charge in [0.25, 0.3) is 0 Å². The Labute approximate surface area is 74.7 Å². The van der Waals surface area contributed by atoms with Crippen molar-refractivity contribution in [3.05, 3.63) is 30.3 Å². The van der Waals surface area contributed by atoms with Crippen molar-refractivity contribution in [1.82, 2.24) is 0 Å². The van der Waals surface area contributed by atoms with E-state index >= 15 is 0 Å². The Balaban J connectivity index is 2.86. The predicted molar refractivity (Wildman–Crippen MR) is 51.3 cm³/mol. The van der Waals surface area contributed by atoms with E-state index in [4.69, 9.17) is 0 Å². The first-order valence-corrected chi connectivity index (χ1v) is 5.08. The van der Waals surface area contributed by atoms with Crippen LogP contribution in [0.15, 0.2) is 35.2 Å². The van der Waals surface area contributed by atoms with Gasteiger partial charge in [0.1, 0.15) is 0 Å². The molecule has 2 unspecified atom stereocenters. The smallest absolute Gasteiger partial charge is 0.0789 e. The highest BCUT2D eigenvalue weighted by Crippen LogP contribution is 2.12. The second-order valence-corrected chi connectivity index (χ2v) is 5.11. The summed E-state index contributed by atoms with van der Waals surface area (Å²) < 4.78 is 11.3. The zero-order chi connectivity index (χ0) is 8.27. The van der Waals surface area contributed by atoms with Crippen molar-refractivity contribution in [3.63, 3.8) is 0 Å². The minimum atomic E-state index is -0.971. The molecule has 1 aromatic carbocycles. The Morgan fingerprint density at radius 1 is 1.36 bits per heavy atom. The average Bonchev–Trinajstić information content (AvgIpc) is 2.05. The van der Waals surface area contributed by atoms with E-state index in [1.54, 1.807) is 0 Å². The fraction of sp³-hybridized carbons (Fsp3) is 0.250. The summed E-state index contributed by atoms with van der Waals surface area (Å²) in [5.74, 6) is 0. The number of rotatable bonds is 2. The molecule has 0 aliphatic heterocycles.